The summed E-state index contributed by atoms with van der Waals surface area (Å²) in [4.78, 5) is 14.1. The molecule has 0 aromatic carbocycles. The lowest BCUT2D eigenvalue weighted by Crippen LogP contribution is -2.61. The summed E-state index contributed by atoms with van der Waals surface area (Å²) in [5.74, 6) is 0.0396. The Labute approximate surface area is 116 Å². The summed E-state index contributed by atoms with van der Waals surface area (Å²) < 4.78 is 5.48. The van der Waals surface area contributed by atoms with Crippen LogP contribution >= 0.6 is 11.3 Å². The summed E-state index contributed by atoms with van der Waals surface area (Å²) in [6.07, 6.45) is 2.75. The Morgan fingerprint density at radius 1 is 1.42 bits per heavy atom. The highest BCUT2D eigenvalue weighted by Crippen LogP contribution is 2.24. The van der Waals surface area contributed by atoms with Gasteiger partial charge in [-0.1, -0.05) is 11.3 Å². The highest BCUT2D eigenvalue weighted by molar-refractivity contribution is 7.15. The predicted octanol–water partition coefficient (Wildman–Crippen LogP) is 0.720. The number of aryl methyl sites for hydroxylation is 1. The number of carbonyl (C=O) groups is 1. The second-order valence-corrected chi connectivity index (χ2v) is 6.23. The Balaban J connectivity index is 1.44. The number of ether oxygens (including phenoxy) is 1. The van der Waals surface area contributed by atoms with Gasteiger partial charge in [0.2, 0.25) is 11.0 Å². The lowest BCUT2D eigenvalue weighted by atomic mass is 10.1. The predicted molar refractivity (Wildman–Crippen MR) is 72.4 cm³/mol. The molecule has 1 unspecified atom stereocenters. The van der Waals surface area contributed by atoms with Crippen LogP contribution in [0.2, 0.25) is 0 Å². The Morgan fingerprint density at radius 3 is 2.89 bits per heavy atom. The lowest BCUT2D eigenvalue weighted by Gasteiger charge is -2.39. The van der Waals surface area contributed by atoms with Gasteiger partial charge >= 0.3 is 0 Å². The Bertz CT molecular complexity index is 452. The average molecular weight is 282 g/mol. The third-order valence-electron chi connectivity index (χ3n) is 3.49. The van der Waals surface area contributed by atoms with Gasteiger partial charge < -0.3 is 15.0 Å². The smallest absolute Gasteiger partial charge is 0.249 e. The van der Waals surface area contributed by atoms with Crippen molar-refractivity contribution in [1.82, 2.24) is 15.5 Å². The van der Waals surface area contributed by atoms with E-state index in [9.17, 15) is 4.79 Å². The largest absolute Gasteiger partial charge is 0.368 e. The fourth-order valence-corrected chi connectivity index (χ4v) is 3.09. The number of aromatic nitrogens is 2. The van der Waals surface area contributed by atoms with Gasteiger partial charge in [0, 0.05) is 19.7 Å². The molecule has 0 bridgehead atoms. The zero-order valence-electron chi connectivity index (χ0n) is 11.0. The number of nitrogens with zero attached hydrogens (tertiary/aromatic N) is 3. The molecule has 19 heavy (non-hydrogen) atoms. The van der Waals surface area contributed by atoms with E-state index in [1.54, 1.807) is 11.3 Å². The van der Waals surface area contributed by atoms with E-state index >= 15 is 0 Å². The van der Waals surface area contributed by atoms with E-state index in [1.807, 2.05) is 6.92 Å². The summed E-state index contributed by atoms with van der Waals surface area (Å²) in [5, 5.41) is 13.1. The molecule has 0 radical (unpaired) electrons. The first-order valence-electron chi connectivity index (χ1n) is 6.69. The zero-order valence-corrected chi connectivity index (χ0v) is 11.8. The third-order valence-corrected chi connectivity index (χ3v) is 4.39. The highest BCUT2D eigenvalue weighted by Gasteiger charge is 2.32. The minimum Gasteiger partial charge on any atom is -0.368 e. The van der Waals surface area contributed by atoms with E-state index in [4.69, 9.17) is 4.74 Å². The third kappa shape index (κ3) is 2.87. The standard InChI is InChI=1S/C12H18N4O2S/c1-8-14-15-12(19-8)16-6-9(7-16)13-11(17)10-4-2-3-5-18-10/h9-10H,2-7H2,1H3,(H,13,17). The molecule has 1 amide bonds. The Hall–Kier alpha value is -1.21. The Morgan fingerprint density at radius 2 is 2.26 bits per heavy atom. The van der Waals surface area contributed by atoms with Crippen LogP contribution < -0.4 is 10.2 Å². The summed E-state index contributed by atoms with van der Waals surface area (Å²) in [6, 6.07) is 0.210. The topological polar surface area (TPSA) is 67.4 Å². The number of rotatable bonds is 3. The maximum absolute atomic E-state index is 12.0. The van der Waals surface area contributed by atoms with Gasteiger partial charge in [0.25, 0.3) is 0 Å². The molecule has 1 aromatic rings. The highest BCUT2D eigenvalue weighted by atomic mass is 32.1. The van der Waals surface area contributed by atoms with Crippen LogP contribution in [0, 0.1) is 6.92 Å². The van der Waals surface area contributed by atoms with Crippen molar-refractivity contribution in [3.63, 3.8) is 0 Å². The van der Waals surface area contributed by atoms with Crippen molar-refractivity contribution in [3.8, 4) is 0 Å². The molecule has 1 atom stereocenters. The Kier molecular flexibility index (Phi) is 3.65. The molecule has 2 saturated heterocycles. The summed E-state index contributed by atoms with van der Waals surface area (Å²) in [6.45, 7) is 4.28. The number of carbonyl (C=O) groups excluding carboxylic acids is 1. The maximum atomic E-state index is 12.0. The molecule has 0 spiro atoms. The van der Waals surface area contributed by atoms with Crippen LogP contribution in [0.5, 0.6) is 0 Å². The van der Waals surface area contributed by atoms with E-state index in [1.165, 1.54) is 0 Å². The van der Waals surface area contributed by atoms with E-state index < -0.39 is 0 Å². The van der Waals surface area contributed by atoms with Gasteiger partial charge in [0.1, 0.15) is 11.1 Å². The first kappa shape index (κ1) is 12.8. The molecule has 0 aliphatic carbocycles. The summed E-state index contributed by atoms with van der Waals surface area (Å²) >= 11 is 1.59. The van der Waals surface area contributed by atoms with Crippen LogP contribution in [0.3, 0.4) is 0 Å². The zero-order chi connectivity index (χ0) is 13.2. The molecule has 1 aromatic heterocycles. The van der Waals surface area contributed by atoms with Crippen molar-refractivity contribution in [2.75, 3.05) is 24.6 Å². The van der Waals surface area contributed by atoms with Gasteiger partial charge in [-0.05, 0) is 26.2 Å². The van der Waals surface area contributed by atoms with Crippen molar-refractivity contribution in [2.45, 2.75) is 38.3 Å². The van der Waals surface area contributed by atoms with E-state index in [0.717, 1.165) is 42.5 Å². The molecule has 6 nitrogen and oxygen atoms in total. The van der Waals surface area contributed by atoms with Gasteiger partial charge in [-0.15, -0.1) is 10.2 Å². The second-order valence-electron chi connectivity index (χ2n) is 5.07. The van der Waals surface area contributed by atoms with E-state index in [0.29, 0.717) is 6.61 Å². The molecule has 7 heteroatoms. The van der Waals surface area contributed by atoms with Crippen LogP contribution in [0.15, 0.2) is 0 Å². The van der Waals surface area contributed by atoms with Gasteiger partial charge in [-0.25, -0.2) is 0 Å². The van der Waals surface area contributed by atoms with Gasteiger partial charge in [-0.2, -0.15) is 0 Å². The number of hydrogen-bond acceptors (Lipinski definition) is 6. The molecule has 0 saturated carbocycles. The average Bonchev–Trinajstić information content (AvgIpc) is 2.80. The normalized spacial score (nSPS) is 24.1. The molecule has 3 heterocycles. The number of nitrogens with one attached hydrogen (secondary N) is 1. The van der Waals surface area contributed by atoms with Crippen LogP contribution in [0.4, 0.5) is 5.13 Å². The van der Waals surface area contributed by atoms with E-state index in [2.05, 4.69) is 20.4 Å². The van der Waals surface area contributed by atoms with Crippen LogP contribution in [0.25, 0.3) is 0 Å². The van der Waals surface area contributed by atoms with Gasteiger partial charge in [-0.3, -0.25) is 4.79 Å². The van der Waals surface area contributed by atoms with Crippen molar-refractivity contribution in [1.29, 1.82) is 0 Å². The molecular formula is C12H18N4O2S. The lowest BCUT2D eigenvalue weighted by molar-refractivity contribution is -0.136. The van der Waals surface area contributed by atoms with Crippen LogP contribution in [-0.4, -0.2) is 47.9 Å². The van der Waals surface area contributed by atoms with Crippen molar-refractivity contribution < 1.29 is 9.53 Å². The molecule has 2 fully saturated rings. The summed E-state index contributed by atoms with van der Waals surface area (Å²) in [5.41, 5.74) is 0. The monoisotopic (exact) mass is 282 g/mol. The minimum absolute atomic E-state index is 0.0396. The fourth-order valence-electron chi connectivity index (χ4n) is 2.38. The number of amides is 1. The van der Waals surface area contributed by atoms with Gasteiger partial charge in [0.05, 0.1) is 6.04 Å². The number of anilines is 1. The minimum atomic E-state index is -0.244. The SMILES string of the molecule is Cc1nnc(N2CC(NC(=O)C3CCCCO3)C2)s1. The molecule has 2 aliphatic rings. The summed E-state index contributed by atoms with van der Waals surface area (Å²) in [7, 11) is 0. The second kappa shape index (κ2) is 5.42. The van der Waals surface area contributed by atoms with Crippen LogP contribution in [0.1, 0.15) is 24.3 Å². The molecular weight excluding hydrogens is 264 g/mol. The molecule has 3 rings (SSSR count). The first-order valence-corrected chi connectivity index (χ1v) is 7.51. The molecule has 1 N–H and O–H groups in total. The molecule has 104 valence electrons. The van der Waals surface area contributed by atoms with E-state index in [-0.39, 0.29) is 18.1 Å². The van der Waals surface area contributed by atoms with Crippen molar-refractivity contribution in [2.24, 2.45) is 0 Å². The molecule has 2 aliphatic heterocycles. The first-order chi connectivity index (χ1) is 9.22. The quantitative estimate of drug-likeness (QED) is 0.885. The van der Waals surface area contributed by atoms with Crippen molar-refractivity contribution in [3.05, 3.63) is 5.01 Å². The van der Waals surface area contributed by atoms with Crippen LogP contribution in [-0.2, 0) is 9.53 Å². The van der Waals surface area contributed by atoms with Gasteiger partial charge in [0.15, 0.2) is 0 Å². The fraction of sp³-hybridized carbons (Fsp3) is 0.750. The number of hydrogen-bond donors (Lipinski definition) is 1. The van der Waals surface area contributed by atoms with Crippen molar-refractivity contribution >= 4 is 22.4 Å². The maximum Gasteiger partial charge on any atom is 0.249 e.